The van der Waals surface area contributed by atoms with Crippen molar-refractivity contribution in [2.75, 3.05) is 23.7 Å². The molecule has 0 radical (unpaired) electrons. The van der Waals surface area contributed by atoms with E-state index in [0.717, 1.165) is 4.31 Å². The van der Waals surface area contributed by atoms with Crippen molar-refractivity contribution in [3.05, 3.63) is 59.9 Å². The number of rotatable bonds is 8. The van der Waals surface area contributed by atoms with Gasteiger partial charge in [-0.15, -0.1) is 0 Å². The third kappa shape index (κ3) is 5.96. The van der Waals surface area contributed by atoms with E-state index in [2.05, 4.69) is 5.32 Å². The molecular weight excluding hydrogens is 371 g/mol. The number of benzene rings is 2. The summed E-state index contributed by atoms with van der Waals surface area (Å²) in [5.41, 5.74) is 0.763. The van der Waals surface area contributed by atoms with E-state index in [-0.39, 0.29) is 24.0 Å². The van der Waals surface area contributed by atoms with E-state index in [0.29, 0.717) is 11.4 Å². The van der Waals surface area contributed by atoms with Crippen molar-refractivity contribution in [2.45, 2.75) is 20.0 Å². The van der Waals surface area contributed by atoms with Crippen LogP contribution in [0.3, 0.4) is 0 Å². The van der Waals surface area contributed by atoms with Gasteiger partial charge in [0.2, 0.25) is 10.0 Å². The van der Waals surface area contributed by atoms with E-state index in [1.165, 1.54) is 31.3 Å². The zero-order chi connectivity index (χ0) is 20.0. The van der Waals surface area contributed by atoms with Crippen LogP contribution in [0.1, 0.15) is 24.2 Å². The minimum Gasteiger partial charge on any atom is -0.491 e. The van der Waals surface area contributed by atoms with E-state index < -0.39 is 21.7 Å². The lowest BCUT2D eigenvalue weighted by molar-refractivity contribution is 0.0956. The molecule has 27 heavy (non-hydrogen) atoms. The predicted molar refractivity (Wildman–Crippen MR) is 103 cm³/mol. The Hall–Kier alpha value is -2.61. The lowest BCUT2D eigenvalue weighted by Gasteiger charge is -2.20. The van der Waals surface area contributed by atoms with Crippen LogP contribution >= 0.6 is 0 Å². The molecule has 2 rings (SSSR count). The molecule has 0 aliphatic carbocycles. The Morgan fingerprint density at radius 1 is 1.11 bits per heavy atom. The largest absolute Gasteiger partial charge is 0.491 e. The van der Waals surface area contributed by atoms with Crippen LogP contribution in [0.5, 0.6) is 5.75 Å². The highest BCUT2D eigenvalue weighted by Gasteiger charge is 2.19. The van der Waals surface area contributed by atoms with Crippen LogP contribution in [0.4, 0.5) is 10.1 Å². The molecule has 0 saturated carbocycles. The second-order valence-electron chi connectivity index (χ2n) is 6.21. The molecule has 2 aromatic carbocycles. The molecule has 0 heterocycles. The maximum absolute atomic E-state index is 12.9. The van der Waals surface area contributed by atoms with Gasteiger partial charge in [-0.3, -0.25) is 9.10 Å². The number of halogens is 1. The zero-order valence-corrected chi connectivity index (χ0v) is 16.3. The first-order valence-corrected chi connectivity index (χ1v) is 10.1. The number of anilines is 1. The van der Waals surface area contributed by atoms with Gasteiger partial charge in [0, 0.05) is 19.2 Å². The number of nitrogens with one attached hydrogen (secondary N) is 1. The van der Waals surface area contributed by atoms with Crippen LogP contribution in [0.25, 0.3) is 0 Å². The van der Waals surface area contributed by atoms with Crippen LogP contribution in [0.2, 0.25) is 0 Å². The molecule has 0 unspecified atom stereocenters. The normalized spacial score (nSPS) is 11.3. The average molecular weight is 394 g/mol. The summed E-state index contributed by atoms with van der Waals surface area (Å²) in [7, 11) is -2.16. The van der Waals surface area contributed by atoms with Gasteiger partial charge in [-0.1, -0.05) is 0 Å². The van der Waals surface area contributed by atoms with Crippen LogP contribution in [-0.4, -0.2) is 39.8 Å². The van der Waals surface area contributed by atoms with Crippen LogP contribution in [-0.2, 0) is 10.0 Å². The number of sulfonamides is 1. The maximum Gasteiger partial charge on any atom is 0.251 e. The van der Waals surface area contributed by atoms with Crippen LogP contribution < -0.4 is 14.4 Å². The molecule has 8 heteroatoms. The van der Waals surface area contributed by atoms with Gasteiger partial charge in [-0.2, -0.15) is 0 Å². The summed E-state index contributed by atoms with van der Waals surface area (Å²) in [6.07, 6.45) is 0.0297. The first-order chi connectivity index (χ1) is 12.7. The number of hydrogen-bond donors (Lipinski definition) is 1. The molecule has 0 spiro atoms. The maximum atomic E-state index is 12.9. The third-order valence-electron chi connectivity index (χ3n) is 3.74. The van der Waals surface area contributed by atoms with Crippen molar-refractivity contribution < 1.29 is 22.3 Å². The van der Waals surface area contributed by atoms with E-state index >= 15 is 0 Å². The Kier molecular flexibility index (Phi) is 6.79. The number of hydrogen-bond acceptors (Lipinski definition) is 4. The summed E-state index contributed by atoms with van der Waals surface area (Å²) in [6.45, 7) is 3.76. The van der Waals surface area contributed by atoms with Crippen LogP contribution in [0.15, 0.2) is 48.5 Å². The van der Waals surface area contributed by atoms with Crippen molar-refractivity contribution >= 4 is 21.6 Å². The van der Waals surface area contributed by atoms with E-state index in [1.807, 2.05) is 13.8 Å². The molecule has 0 saturated heterocycles. The van der Waals surface area contributed by atoms with E-state index in [1.54, 1.807) is 24.3 Å². The van der Waals surface area contributed by atoms with E-state index in [9.17, 15) is 17.6 Å². The lowest BCUT2D eigenvalue weighted by Crippen LogP contribution is -2.35. The van der Waals surface area contributed by atoms with Crippen molar-refractivity contribution in [3.63, 3.8) is 0 Å². The summed E-state index contributed by atoms with van der Waals surface area (Å²) >= 11 is 0. The van der Waals surface area contributed by atoms with Gasteiger partial charge in [0.05, 0.1) is 17.5 Å². The van der Waals surface area contributed by atoms with Crippen LogP contribution in [0, 0.1) is 5.82 Å². The molecule has 1 amide bonds. The molecule has 0 aliphatic heterocycles. The van der Waals surface area contributed by atoms with Crippen molar-refractivity contribution in [2.24, 2.45) is 0 Å². The summed E-state index contributed by atoms with van der Waals surface area (Å²) in [6, 6.07) is 11.8. The highest BCUT2D eigenvalue weighted by atomic mass is 32.2. The fourth-order valence-corrected chi connectivity index (χ4v) is 3.38. The van der Waals surface area contributed by atoms with E-state index in [4.69, 9.17) is 4.74 Å². The highest BCUT2D eigenvalue weighted by Crippen LogP contribution is 2.21. The lowest BCUT2D eigenvalue weighted by atomic mass is 10.2. The minimum absolute atomic E-state index is 0.0297. The Balaban J connectivity index is 1.93. The summed E-state index contributed by atoms with van der Waals surface area (Å²) in [5.74, 6) is -0.504. The molecular formula is C19H23FN2O4S. The topological polar surface area (TPSA) is 75.7 Å². The molecule has 6 nitrogen and oxygen atoms in total. The fraction of sp³-hybridized carbons (Fsp3) is 0.316. The van der Waals surface area contributed by atoms with Gasteiger partial charge in [0.15, 0.2) is 0 Å². The molecule has 0 fully saturated rings. The predicted octanol–water partition coefficient (Wildman–Crippen LogP) is 2.81. The van der Waals surface area contributed by atoms with Gasteiger partial charge in [0.25, 0.3) is 5.91 Å². The Morgan fingerprint density at radius 3 is 2.26 bits per heavy atom. The number of nitrogens with zero attached hydrogens (tertiary/aromatic N) is 1. The summed E-state index contributed by atoms with van der Waals surface area (Å²) in [4.78, 5) is 12.0. The molecule has 0 bridgehead atoms. The molecule has 0 aromatic heterocycles. The van der Waals surface area contributed by atoms with Gasteiger partial charge >= 0.3 is 0 Å². The zero-order valence-electron chi connectivity index (χ0n) is 15.5. The average Bonchev–Trinajstić information content (AvgIpc) is 2.61. The second kappa shape index (κ2) is 8.85. The molecule has 146 valence electrons. The Morgan fingerprint density at radius 2 is 1.70 bits per heavy atom. The summed E-state index contributed by atoms with van der Waals surface area (Å²) < 4.78 is 44.5. The van der Waals surface area contributed by atoms with Crippen molar-refractivity contribution in [1.29, 1.82) is 0 Å². The number of ether oxygens (including phenoxy) is 1. The molecule has 1 N–H and O–H groups in total. The number of amides is 1. The first-order valence-electron chi connectivity index (χ1n) is 8.46. The monoisotopic (exact) mass is 394 g/mol. The SMILES string of the molecule is CC(C)Oc1ccc(N(C)S(=O)(=O)CCNC(=O)c2ccc(F)cc2)cc1. The highest BCUT2D eigenvalue weighted by molar-refractivity contribution is 7.92. The Labute approximate surface area is 159 Å². The quantitative estimate of drug-likeness (QED) is 0.747. The first kappa shape index (κ1) is 20.7. The second-order valence-corrected chi connectivity index (χ2v) is 8.33. The third-order valence-corrected chi connectivity index (χ3v) is 5.51. The van der Waals surface area contributed by atoms with Crippen molar-refractivity contribution in [3.8, 4) is 5.75 Å². The molecule has 0 aliphatic rings. The number of carbonyl (C=O) groups excluding carboxylic acids is 1. The summed E-state index contributed by atoms with van der Waals surface area (Å²) in [5, 5.41) is 2.52. The number of carbonyl (C=O) groups is 1. The van der Waals surface area contributed by atoms with Crippen molar-refractivity contribution in [1.82, 2.24) is 5.32 Å². The van der Waals surface area contributed by atoms with Gasteiger partial charge < -0.3 is 10.1 Å². The van der Waals surface area contributed by atoms with Gasteiger partial charge in [0.1, 0.15) is 11.6 Å². The molecule has 0 atom stereocenters. The minimum atomic E-state index is -3.62. The fourth-order valence-electron chi connectivity index (χ4n) is 2.30. The van der Waals surface area contributed by atoms with Gasteiger partial charge in [-0.05, 0) is 62.4 Å². The van der Waals surface area contributed by atoms with Gasteiger partial charge in [-0.25, -0.2) is 12.8 Å². The smallest absolute Gasteiger partial charge is 0.251 e. The standard InChI is InChI=1S/C19H23FN2O4S/c1-14(2)26-18-10-8-17(9-11-18)22(3)27(24,25)13-12-21-19(23)15-4-6-16(20)7-5-15/h4-11,14H,12-13H2,1-3H3,(H,21,23). The molecule has 2 aromatic rings. The Bertz CT molecular complexity index is 866.